The highest BCUT2D eigenvalue weighted by molar-refractivity contribution is 6.74. The van der Waals surface area contributed by atoms with Gasteiger partial charge in [0.25, 0.3) is 0 Å². The number of hydrogen-bond donors (Lipinski definition) is 2. The molecular formula is C84H83Cl3F3N15O6Si. The lowest BCUT2D eigenvalue weighted by atomic mass is 10.0. The molecule has 0 spiro atoms. The summed E-state index contributed by atoms with van der Waals surface area (Å²) in [5, 5.41) is 48.8. The minimum atomic E-state index is -2.13. The van der Waals surface area contributed by atoms with Crippen LogP contribution in [0.3, 0.4) is 0 Å². The molecule has 6 aliphatic rings. The lowest BCUT2D eigenvalue weighted by Gasteiger charge is -2.38. The number of pyridine rings is 3. The first-order valence-electron chi connectivity index (χ1n) is 35.9. The molecule has 9 aromatic rings. The monoisotopic (exact) mass is 1590 g/mol. The Balaban J connectivity index is 0.000000148. The summed E-state index contributed by atoms with van der Waals surface area (Å²) < 4.78 is 77.8. The Morgan fingerprint density at radius 2 is 0.714 bits per heavy atom. The molecule has 0 saturated carbocycles. The third-order valence-electron chi connectivity index (χ3n) is 20.0. The lowest BCUT2D eigenvalue weighted by Crippen LogP contribution is -2.42. The van der Waals surface area contributed by atoms with Gasteiger partial charge in [-0.1, -0.05) is 92.0 Å². The molecule has 2 N–H and O–H groups in total. The fourth-order valence-corrected chi connectivity index (χ4v) is 15.2. The molecule has 112 heavy (non-hydrogen) atoms. The summed E-state index contributed by atoms with van der Waals surface area (Å²) >= 11 is 19.7. The van der Waals surface area contributed by atoms with Crippen molar-refractivity contribution in [1.29, 1.82) is 0 Å². The van der Waals surface area contributed by atoms with Crippen molar-refractivity contribution in [3.05, 3.63) is 267 Å². The average Bonchev–Trinajstić information content (AvgIpc) is 1.60. The number of hydrogen-bond acceptors (Lipinski definition) is 15. The zero-order chi connectivity index (χ0) is 79.8. The summed E-state index contributed by atoms with van der Waals surface area (Å²) in [6.45, 7) is 22.1. The van der Waals surface area contributed by atoms with E-state index in [9.17, 15) is 23.4 Å². The van der Waals surface area contributed by atoms with E-state index in [0.717, 1.165) is 78.7 Å². The zero-order valence-corrected chi connectivity index (χ0v) is 67.4. The zero-order valence-electron chi connectivity index (χ0n) is 64.2. The minimum absolute atomic E-state index is 0.0115. The highest BCUT2D eigenvalue weighted by atomic mass is 35.5. The maximum atomic E-state index is 14.7. The van der Waals surface area contributed by atoms with Gasteiger partial charge < -0.3 is 56.3 Å². The Hall–Kier alpha value is -11.0. The van der Waals surface area contributed by atoms with Crippen LogP contribution in [0.5, 0.6) is 17.2 Å². The second kappa shape index (κ2) is 32.7. The van der Waals surface area contributed by atoms with Crippen LogP contribution in [-0.2, 0) is 4.43 Å². The highest BCUT2D eigenvalue weighted by Gasteiger charge is 2.39. The molecule has 576 valence electrons. The summed E-state index contributed by atoms with van der Waals surface area (Å²) in [6.07, 6.45) is 16.2. The number of imidazole rings is 3. The average molecular weight is 1590 g/mol. The van der Waals surface area contributed by atoms with Crippen LogP contribution < -0.4 is 14.2 Å². The van der Waals surface area contributed by atoms with Gasteiger partial charge in [0.05, 0.1) is 127 Å². The number of aliphatic hydroxyl groups excluding tert-OH is 2. The number of benzene rings is 6. The fourth-order valence-electron chi connectivity index (χ4n) is 13.6. The molecule has 3 atom stereocenters. The standard InChI is InChI=1S/C32H37ClFN5O2Si.2C26H23ClFN5O2/c1-20-11-23(13-25(34)12-20)28(18-41-42(7,8)32(3,4)5)39-17-24(33)15-26-30(36-37-31(26)39)22-9-10-27(29(14-22)40-6)38-16-21(2)35-19-38;2*1-15-6-18(8-20(28)7-15)23(13-34)33-12-19(27)10-21-25(30-31-26(21)33)17-4-5-22(24(9-17)35-3)32-11-16(2)29-14-32/h9-17,19,28H,18H2,1-8H3;2*4-12,14,23,34H,13H2,1-3H3/t;23-;/m.1./s1. The van der Waals surface area contributed by atoms with Crippen LogP contribution in [0.25, 0.3) is 85.0 Å². The second-order valence-electron chi connectivity index (χ2n) is 29.2. The number of aromatic nitrogens is 15. The van der Waals surface area contributed by atoms with Crippen molar-refractivity contribution in [3.63, 3.8) is 0 Å². The summed E-state index contributed by atoms with van der Waals surface area (Å²) in [4.78, 5) is 12.9. The van der Waals surface area contributed by atoms with Crippen LogP contribution in [0, 0.1) is 59.0 Å². The number of halogens is 6. The number of aryl methyl sites for hydroxylation is 6. The number of rotatable bonds is 20. The molecule has 2 unspecified atom stereocenters. The Labute approximate surface area is 662 Å². The number of fused-ring (bicyclic) bond motifs is 3. The van der Waals surface area contributed by atoms with E-state index in [4.69, 9.17) is 53.4 Å². The predicted octanol–water partition coefficient (Wildman–Crippen LogP) is 18.7. The molecular weight excluding hydrogens is 1510 g/mol. The molecule has 0 bridgehead atoms. The molecule has 21 nitrogen and oxygen atoms in total. The van der Waals surface area contributed by atoms with Crippen LogP contribution in [0.4, 0.5) is 13.2 Å². The van der Waals surface area contributed by atoms with E-state index in [-0.39, 0.29) is 41.7 Å². The van der Waals surface area contributed by atoms with Crippen molar-refractivity contribution in [2.75, 3.05) is 41.2 Å². The Morgan fingerprint density at radius 3 is 0.982 bits per heavy atom. The maximum absolute atomic E-state index is 14.7. The van der Waals surface area contributed by atoms with Crippen molar-refractivity contribution in [2.45, 2.75) is 98.6 Å². The molecule has 0 aliphatic carbocycles. The summed E-state index contributed by atoms with van der Waals surface area (Å²) in [6, 6.07) is 35.7. The molecule has 0 radical (unpaired) electrons. The van der Waals surface area contributed by atoms with E-state index < -0.39 is 20.4 Å². The molecule has 6 aliphatic heterocycles. The highest BCUT2D eigenvalue weighted by Crippen LogP contribution is 2.45. The van der Waals surface area contributed by atoms with Crippen LogP contribution in [0.15, 0.2) is 184 Å². The Morgan fingerprint density at radius 1 is 0.411 bits per heavy atom. The molecule has 28 heteroatoms. The fraction of sp³-hybridized carbons (Fsp3) is 0.250. The first kappa shape index (κ1) is 79.1. The third kappa shape index (κ3) is 16.6. The first-order chi connectivity index (χ1) is 53.5. The molecule has 0 saturated heterocycles. The largest absolute Gasteiger partial charge is 0.495 e. The van der Waals surface area contributed by atoms with Gasteiger partial charge in [-0.25, -0.2) is 28.1 Å². The Bertz CT molecular complexity index is 5520. The van der Waals surface area contributed by atoms with Gasteiger partial charge in [-0.2, -0.15) is 0 Å². The molecule has 0 amide bonds. The number of aliphatic hydroxyl groups is 2. The number of methoxy groups -OCH3 is 3. The SMILES string of the molecule is COc1cc(-c2nnc3n(C(CO)c4cc(C)cc(F)c4)cc(Cl)cc2-3)ccc1-n1cnc(C)c1.COc1cc(-c2nnc3n(C(CO[Si](C)(C)C(C)(C)C)c4cc(C)cc(F)c4)cc(Cl)cc2-3)ccc1-n1cnc(C)c1.COc1cc(-c2nnc3n([C@H](CO)c4cc(C)cc(F)c4)cc(Cl)cc2-3)ccc1-n1cnc(C)c1. The van der Waals surface area contributed by atoms with Gasteiger partial charge in [0.15, 0.2) is 25.8 Å². The van der Waals surface area contributed by atoms with Gasteiger partial charge in [-0.3, -0.25) is 0 Å². The van der Waals surface area contributed by atoms with Gasteiger partial charge in [-0.05, 0) is 184 Å². The van der Waals surface area contributed by atoms with Gasteiger partial charge >= 0.3 is 0 Å². The minimum Gasteiger partial charge on any atom is -0.495 e. The third-order valence-corrected chi connectivity index (χ3v) is 25.1. The molecule has 6 aromatic carbocycles. The quantitative estimate of drug-likeness (QED) is 0.0677. The summed E-state index contributed by atoms with van der Waals surface area (Å²) in [7, 11) is 2.73. The van der Waals surface area contributed by atoms with Crippen LogP contribution in [0.2, 0.25) is 33.2 Å². The van der Waals surface area contributed by atoms with Gasteiger partial charge in [0.1, 0.15) is 51.8 Å². The van der Waals surface area contributed by atoms with E-state index in [1.54, 1.807) is 80.0 Å². The Kier molecular flexibility index (Phi) is 23.1. The van der Waals surface area contributed by atoms with E-state index >= 15 is 0 Å². The van der Waals surface area contributed by atoms with Crippen LogP contribution in [0.1, 0.15) is 89.4 Å². The topological polar surface area (TPSA) is 223 Å². The van der Waals surface area contributed by atoms with Crippen LogP contribution in [-0.4, -0.2) is 133 Å². The van der Waals surface area contributed by atoms with E-state index in [0.29, 0.717) is 95.7 Å². The molecule has 3 aromatic heterocycles. The predicted molar refractivity (Wildman–Crippen MR) is 432 cm³/mol. The lowest BCUT2D eigenvalue weighted by molar-refractivity contribution is 0.248. The maximum Gasteiger partial charge on any atom is 0.192 e. The number of nitrogens with zero attached hydrogens (tertiary/aromatic N) is 15. The van der Waals surface area contributed by atoms with Crippen molar-refractivity contribution < 1.29 is 42.0 Å². The normalized spacial score (nSPS) is 12.6. The molecule has 15 rings (SSSR count). The summed E-state index contributed by atoms with van der Waals surface area (Å²) in [5.74, 6) is 2.62. The number of ether oxygens (including phenoxy) is 3. The van der Waals surface area contributed by atoms with Crippen molar-refractivity contribution in [1.82, 2.24) is 72.9 Å². The van der Waals surface area contributed by atoms with Gasteiger partial charge in [0, 0.05) is 70.6 Å². The van der Waals surface area contributed by atoms with Crippen molar-refractivity contribution in [3.8, 4) is 102 Å². The van der Waals surface area contributed by atoms with Crippen LogP contribution >= 0.6 is 34.8 Å². The summed E-state index contributed by atoms with van der Waals surface area (Å²) in [5.41, 5.74) is 16.1. The van der Waals surface area contributed by atoms with E-state index in [2.05, 4.69) is 79.4 Å². The van der Waals surface area contributed by atoms with Crippen molar-refractivity contribution in [2.24, 2.45) is 0 Å². The first-order valence-corrected chi connectivity index (χ1v) is 39.9. The van der Waals surface area contributed by atoms with Crippen molar-refractivity contribution >= 4 is 43.1 Å². The smallest absolute Gasteiger partial charge is 0.192 e. The molecule has 0 fully saturated rings. The molecule has 9 heterocycles. The van der Waals surface area contributed by atoms with Gasteiger partial charge in [0.2, 0.25) is 0 Å². The second-order valence-corrected chi connectivity index (χ2v) is 35.3. The van der Waals surface area contributed by atoms with E-state index in [1.165, 1.54) is 30.3 Å². The van der Waals surface area contributed by atoms with Gasteiger partial charge in [-0.15, -0.1) is 30.6 Å². The van der Waals surface area contributed by atoms with E-state index in [1.807, 2.05) is 163 Å².